The van der Waals surface area contributed by atoms with Gasteiger partial charge in [-0.05, 0) is 32.1 Å². The van der Waals surface area contributed by atoms with Crippen molar-refractivity contribution in [2.45, 2.75) is 45.2 Å². The van der Waals surface area contributed by atoms with Gasteiger partial charge in [0.1, 0.15) is 12.1 Å². The Balaban J connectivity index is 2.10. The third-order valence-corrected chi connectivity index (χ3v) is 4.14. The zero-order valence-electron chi connectivity index (χ0n) is 12.1. The molecule has 2 fully saturated rings. The highest BCUT2D eigenvalue weighted by atomic mass is 16.5. The van der Waals surface area contributed by atoms with E-state index in [9.17, 15) is 9.59 Å². The summed E-state index contributed by atoms with van der Waals surface area (Å²) in [6, 6.07) is -0.548. The lowest BCUT2D eigenvalue weighted by atomic mass is 9.95. The molecule has 0 aromatic carbocycles. The summed E-state index contributed by atoms with van der Waals surface area (Å²) in [6.07, 6.45) is 2.87. The lowest BCUT2D eigenvalue weighted by Gasteiger charge is -2.46. The Morgan fingerprint density at radius 1 is 1.32 bits per heavy atom. The molecule has 0 spiro atoms. The van der Waals surface area contributed by atoms with Gasteiger partial charge in [0.25, 0.3) is 0 Å². The van der Waals surface area contributed by atoms with E-state index in [1.807, 2.05) is 13.8 Å². The second-order valence-corrected chi connectivity index (χ2v) is 5.77. The van der Waals surface area contributed by atoms with Crippen molar-refractivity contribution in [2.75, 3.05) is 26.8 Å². The summed E-state index contributed by atoms with van der Waals surface area (Å²) < 4.78 is 5.12. The number of hydrogen-bond acceptors (Lipinski definition) is 3. The Labute approximate surface area is 114 Å². The Morgan fingerprint density at radius 3 is 2.74 bits per heavy atom. The van der Waals surface area contributed by atoms with E-state index in [4.69, 9.17) is 4.74 Å². The van der Waals surface area contributed by atoms with Gasteiger partial charge in [0, 0.05) is 20.2 Å². The highest BCUT2D eigenvalue weighted by Gasteiger charge is 2.44. The number of fused-ring (bicyclic) bond motifs is 1. The fourth-order valence-corrected chi connectivity index (χ4v) is 3.13. The molecule has 2 rings (SSSR count). The Bertz CT molecular complexity index is 359. The number of piperidine rings is 1. The molecule has 0 aromatic rings. The minimum atomic E-state index is -0.332. The zero-order chi connectivity index (χ0) is 14.0. The van der Waals surface area contributed by atoms with Gasteiger partial charge in [0.05, 0.1) is 6.61 Å². The fraction of sp³-hybridized carbons (Fsp3) is 0.857. The molecule has 0 aliphatic carbocycles. The lowest BCUT2D eigenvalue weighted by Crippen LogP contribution is -2.65. The molecule has 2 saturated heterocycles. The van der Waals surface area contributed by atoms with E-state index in [0.29, 0.717) is 13.2 Å². The van der Waals surface area contributed by atoms with Crippen LogP contribution in [-0.4, -0.2) is 60.5 Å². The highest BCUT2D eigenvalue weighted by molar-refractivity contribution is 5.96. The van der Waals surface area contributed by atoms with E-state index >= 15 is 0 Å². The predicted octanol–water partition coefficient (Wildman–Crippen LogP) is 0.881. The molecular weight excluding hydrogens is 244 g/mol. The summed E-state index contributed by atoms with van der Waals surface area (Å²) in [5.41, 5.74) is 0. The molecule has 3 atom stereocenters. The zero-order valence-corrected chi connectivity index (χ0v) is 12.1. The number of methoxy groups -OCH3 is 1. The summed E-state index contributed by atoms with van der Waals surface area (Å²) in [5, 5.41) is 0. The first-order chi connectivity index (χ1) is 9.06. The largest absolute Gasteiger partial charge is 0.384 e. The topological polar surface area (TPSA) is 49.9 Å². The van der Waals surface area contributed by atoms with Crippen molar-refractivity contribution >= 4 is 11.8 Å². The van der Waals surface area contributed by atoms with E-state index in [0.717, 1.165) is 25.8 Å². The van der Waals surface area contributed by atoms with Crippen LogP contribution in [0, 0.1) is 5.92 Å². The van der Waals surface area contributed by atoms with Gasteiger partial charge >= 0.3 is 0 Å². The number of rotatable bonds is 4. The van der Waals surface area contributed by atoms with Crippen LogP contribution in [0.25, 0.3) is 0 Å². The third kappa shape index (κ3) is 2.76. The van der Waals surface area contributed by atoms with Crippen LogP contribution in [0.4, 0.5) is 0 Å². The van der Waals surface area contributed by atoms with Crippen LogP contribution in [0.15, 0.2) is 0 Å². The van der Waals surface area contributed by atoms with E-state index < -0.39 is 0 Å². The average Bonchev–Trinajstić information content (AvgIpc) is 2.41. The molecule has 2 aliphatic rings. The van der Waals surface area contributed by atoms with Crippen LogP contribution in [0.1, 0.15) is 33.1 Å². The van der Waals surface area contributed by atoms with Gasteiger partial charge in [-0.25, -0.2) is 0 Å². The minimum absolute atomic E-state index is 0.105. The molecule has 0 bridgehead atoms. The van der Waals surface area contributed by atoms with Crippen LogP contribution in [0.2, 0.25) is 0 Å². The van der Waals surface area contributed by atoms with Crippen molar-refractivity contribution in [1.29, 1.82) is 0 Å². The van der Waals surface area contributed by atoms with E-state index in [1.54, 1.807) is 16.9 Å². The molecule has 0 N–H and O–H groups in total. The first-order valence-electron chi connectivity index (χ1n) is 7.16. The number of nitrogens with zero attached hydrogens (tertiary/aromatic N) is 2. The maximum atomic E-state index is 12.5. The minimum Gasteiger partial charge on any atom is -0.384 e. The molecule has 2 aliphatic heterocycles. The highest BCUT2D eigenvalue weighted by Crippen LogP contribution is 2.26. The molecule has 5 heteroatoms. The fourth-order valence-electron chi connectivity index (χ4n) is 3.13. The molecule has 0 aromatic heterocycles. The Kier molecular flexibility index (Phi) is 4.45. The van der Waals surface area contributed by atoms with Crippen LogP contribution in [0.5, 0.6) is 0 Å². The summed E-state index contributed by atoms with van der Waals surface area (Å²) in [5.74, 6) is 0.475. The van der Waals surface area contributed by atoms with Crippen molar-refractivity contribution in [3.8, 4) is 0 Å². The second kappa shape index (κ2) is 5.90. The summed E-state index contributed by atoms with van der Waals surface area (Å²) in [6.45, 7) is 5.83. The number of carbonyl (C=O) groups excluding carboxylic acids is 2. The third-order valence-electron chi connectivity index (χ3n) is 4.14. The van der Waals surface area contributed by atoms with E-state index in [-0.39, 0.29) is 29.8 Å². The predicted molar refractivity (Wildman–Crippen MR) is 71.6 cm³/mol. The molecule has 5 nitrogen and oxygen atoms in total. The molecule has 3 unspecified atom stereocenters. The molecule has 19 heavy (non-hydrogen) atoms. The number of hydrogen-bond donors (Lipinski definition) is 0. The summed E-state index contributed by atoms with van der Waals surface area (Å²) >= 11 is 0. The van der Waals surface area contributed by atoms with E-state index in [1.165, 1.54) is 0 Å². The van der Waals surface area contributed by atoms with Gasteiger partial charge in [0.15, 0.2) is 0 Å². The number of amides is 2. The van der Waals surface area contributed by atoms with Gasteiger partial charge in [-0.1, -0.05) is 6.92 Å². The first kappa shape index (κ1) is 14.3. The molecule has 0 saturated carbocycles. The van der Waals surface area contributed by atoms with Crippen molar-refractivity contribution in [3.05, 3.63) is 0 Å². The van der Waals surface area contributed by atoms with Crippen LogP contribution < -0.4 is 0 Å². The second-order valence-electron chi connectivity index (χ2n) is 5.77. The maximum Gasteiger partial charge on any atom is 0.246 e. The Morgan fingerprint density at radius 2 is 2.05 bits per heavy atom. The molecule has 108 valence electrons. The van der Waals surface area contributed by atoms with Crippen molar-refractivity contribution in [2.24, 2.45) is 5.92 Å². The maximum absolute atomic E-state index is 12.5. The van der Waals surface area contributed by atoms with Crippen LogP contribution in [0.3, 0.4) is 0 Å². The quantitative estimate of drug-likeness (QED) is 0.760. The molecule has 2 heterocycles. The standard InChI is InChI=1S/C14H24N2O3/c1-10(9-19-3)8-16-11(2)13(17)15-7-5-4-6-12(15)14(16)18/h10-12H,4-9H2,1-3H3. The molecule has 0 radical (unpaired) electrons. The number of carbonyl (C=O) groups is 2. The SMILES string of the molecule is COCC(C)CN1C(=O)C2CCCCN2C(=O)C1C. The van der Waals surface area contributed by atoms with Gasteiger partial charge in [0.2, 0.25) is 11.8 Å². The average molecular weight is 268 g/mol. The van der Waals surface area contributed by atoms with Gasteiger partial charge in [-0.2, -0.15) is 0 Å². The normalized spacial score (nSPS) is 29.4. The van der Waals surface area contributed by atoms with Gasteiger partial charge in [-0.3, -0.25) is 9.59 Å². The van der Waals surface area contributed by atoms with Gasteiger partial charge < -0.3 is 14.5 Å². The van der Waals surface area contributed by atoms with Crippen LogP contribution in [-0.2, 0) is 14.3 Å². The molecular formula is C14H24N2O3. The lowest BCUT2D eigenvalue weighted by molar-refractivity contribution is -0.163. The summed E-state index contributed by atoms with van der Waals surface area (Å²) in [7, 11) is 1.66. The van der Waals surface area contributed by atoms with E-state index in [2.05, 4.69) is 0 Å². The smallest absolute Gasteiger partial charge is 0.246 e. The summed E-state index contributed by atoms with van der Waals surface area (Å²) in [4.78, 5) is 28.4. The first-order valence-corrected chi connectivity index (χ1v) is 7.16. The van der Waals surface area contributed by atoms with Crippen molar-refractivity contribution in [3.63, 3.8) is 0 Å². The number of piperazine rings is 1. The van der Waals surface area contributed by atoms with Crippen LogP contribution >= 0.6 is 0 Å². The van der Waals surface area contributed by atoms with Crippen molar-refractivity contribution in [1.82, 2.24) is 9.80 Å². The molecule has 2 amide bonds. The Hall–Kier alpha value is -1.10. The monoisotopic (exact) mass is 268 g/mol. The number of ether oxygens (including phenoxy) is 1. The van der Waals surface area contributed by atoms with Crippen molar-refractivity contribution < 1.29 is 14.3 Å². The van der Waals surface area contributed by atoms with Gasteiger partial charge in [-0.15, -0.1) is 0 Å².